The van der Waals surface area contributed by atoms with Gasteiger partial charge >= 0.3 is 18.1 Å². The highest BCUT2D eigenvalue weighted by atomic mass is 19.4. The lowest BCUT2D eigenvalue weighted by atomic mass is 10.1. The number of aromatic amines is 1. The van der Waals surface area contributed by atoms with Crippen molar-refractivity contribution >= 4 is 11.1 Å². The Hall–Kier alpha value is -2.85. The first-order chi connectivity index (χ1) is 12.6. The third kappa shape index (κ3) is 3.06. The molecule has 1 N–H and O–H groups in total. The van der Waals surface area contributed by atoms with Gasteiger partial charge in [-0.05, 0) is 25.0 Å². The minimum Gasteiger partial charge on any atom is -0.407 e. The fourth-order valence-corrected chi connectivity index (χ4v) is 2.86. The average molecular weight is 389 g/mol. The lowest BCUT2D eigenvalue weighted by Gasteiger charge is -2.13. The molecule has 0 atom stereocenters. The second kappa shape index (κ2) is 5.57. The molecule has 1 saturated carbocycles. The van der Waals surface area contributed by atoms with Gasteiger partial charge in [0.25, 0.3) is 0 Å². The van der Waals surface area contributed by atoms with Crippen LogP contribution in [0.2, 0.25) is 0 Å². The Bertz CT molecular complexity index is 1090. The van der Waals surface area contributed by atoms with E-state index in [1.165, 1.54) is 0 Å². The van der Waals surface area contributed by atoms with Gasteiger partial charge < -0.3 is 4.42 Å². The summed E-state index contributed by atoms with van der Waals surface area (Å²) in [5.74, 6) is -1.50. The predicted molar refractivity (Wildman–Crippen MR) is 79.8 cm³/mol. The normalized spacial score (nSPS) is 15.5. The van der Waals surface area contributed by atoms with Crippen LogP contribution in [-0.2, 0) is 12.4 Å². The molecule has 1 aliphatic rings. The van der Waals surface area contributed by atoms with Gasteiger partial charge in [-0.3, -0.25) is 9.97 Å². The quantitative estimate of drug-likeness (QED) is 0.656. The second-order valence-electron chi connectivity index (χ2n) is 6.14. The molecule has 0 saturated heterocycles. The van der Waals surface area contributed by atoms with Crippen molar-refractivity contribution < 1.29 is 30.8 Å². The monoisotopic (exact) mass is 389 g/mol. The molecule has 0 amide bonds. The summed E-state index contributed by atoms with van der Waals surface area (Å²) in [7, 11) is 0. The largest absolute Gasteiger partial charge is 0.435 e. The van der Waals surface area contributed by atoms with Crippen molar-refractivity contribution in [1.82, 2.24) is 15.0 Å². The lowest BCUT2D eigenvalue weighted by Crippen LogP contribution is -2.14. The molecule has 0 aliphatic heterocycles. The molecule has 1 aromatic carbocycles. The van der Waals surface area contributed by atoms with Crippen LogP contribution in [0.1, 0.15) is 35.7 Å². The Morgan fingerprint density at radius 3 is 2.37 bits per heavy atom. The van der Waals surface area contributed by atoms with Crippen LogP contribution in [-0.4, -0.2) is 15.0 Å². The van der Waals surface area contributed by atoms with Gasteiger partial charge in [-0.25, -0.2) is 9.78 Å². The summed E-state index contributed by atoms with van der Waals surface area (Å²) in [5, 5.41) is 0. The molecular weight excluding hydrogens is 380 g/mol. The van der Waals surface area contributed by atoms with E-state index in [4.69, 9.17) is 4.42 Å². The Labute approximate surface area is 146 Å². The molecule has 0 unspecified atom stereocenters. The first-order valence-electron chi connectivity index (χ1n) is 7.73. The Kier molecular flexibility index (Phi) is 3.62. The minimum atomic E-state index is -4.79. The highest BCUT2D eigenvalue weighted by Gasteiger charge is 2.41. The standard InChI is InChI=1S/C16H9F6N3O2/c17-15(18,19)8-4-3-7(12-11(8)25-14(26)27-12)9-5-23-10(6-1-2-6)13(24-9)16(20,21)22/h3-6H,1-2H2,(H,25,26). The van der Waals surface area contributed by atoms with Gasteiger partial charge in [0.2, 0.25) is 0 Å². The van der Waals surface area contributed by atoms with Gasteiger partial charge in [-0.2, -0.15) is 26.3 Å². The zero-order chi connectivity index (χ0) is 19.6. The number of oxazole rings is 1. The molecule has 0 spiro atoms. The van der Waals surface area contributed by atoms with E-state index in [0.29, 0.717) is 18.9 Å². The average Bonchev–Trinajstić information content (AvgIpc) is 3.32. The number of fused-ring (bicyclic) bond motifs is 1. The van der Waals surface area contributed by atoms with E-state index in [9.17, 15) is 31.1 Å². The predicted octanol–water partition coefficient (Wildman–Crippen LogP) is 4.49. The van der Waals surface area contributed by atoms with Crippen LogP contribution in [0, 0.1) is 0 Å². The summed E-state index contributed by atoms with van der Waals surface area (Å²) in [5.41, 5.74) is -4.28. The Balaban J connectivity index is 1.94. The maximum atomic E-state index is 13.3. The van der Waals surface area contributed by atoms with Gasteiger partial charge in [0, 0.05) is 11.5 Å². The molecule has 0 radical (unpaired) electrons. The number of aromatic nitrogens is 3. The number of benzene rings is 1. The number of H-pyrrole nitrogens is 1. The zero-order valence-corrected chi connectivity index (χ0v) is 13.2. The smallest absolute Gasteiger partial charge is 0.407 e. The highest BCUT2D eigenvalue weighted by molar-refractivity contribution is 5.91. The number of alkyl halides is 6. The molecule has 5 nitrogen and oxygen atoms in total. The third-order valence-electron chi connectivity index (χ3n) is 4.19. The first-order valence-corrected chi connectivity index (χ1v) is 7.73. The summed E-state index contributed by atoms with van der Waals surface area (Å²) >= 11 is 0. The summed E-state index contributed by atoms with van der Waals surface area (Å²) in [6, 6.07) is 1.55. The molecular formula is C16H9F6N3O2. The Morgan fingerprint density at radius 1 is 1.07 bits per heavy atom. The third-order valence-corrected chi connectivity index (χ3v) is 4.19. The fourth-order valence-electron chi connectivity index (χ4n) is 2.86. The van der Waals surface area contributed by atoms with Gasteiger partial charge in [-0.1, -0.05) is 0 Å². The van der Waals surface area contributed by atoms with Crippen molar-refractivity contribution in [2.75, 3.05) is 0 Å². The number of hydrogen-bond donors (Lipinski definition) is 1. The molecule has 4 rings (SSSR count). The van der Waals surface area contributed by atoms with Crippen molar-refractivity contribution in [3.8, 4) is 11.3 Å². The van der Waals surface area contributed by atoms with Crippen LogP contribution in [0.3, 0.4) is 0 Å². The summed E-state index contributed by atoms with van der Waals surface area (Å²) in [4.78, 5) is 20.8. The summed E-state index contributed by atoms with van der Waals surface area (Å²) in [6.45, 7) is 0. The van der Waals surface area contributed by atoms with Crippen molar-refractivity contribution in [1.29, 1.82) is 0 Å². The molecule has 27 heavy (non-hydrogen) atoms. The van der Waals surface area contributed by atoms with Crippen LogP contribution in [0.4, 0.5) is 26.3 Å². The molecule has 1 aliphatic carbocycles. The highest BCUT2D eigenvalue weighted by Crippen LogP contribution is 2.45. The van der Waals surface area contributed by atoms with Crippen LogP contribution in [0.5, 0.6) is 0 Å². The number of halogens is 6. The second-order valence-corrected chi connectivity index (χ2v) is 6.14. The first kappa shape index (κ1) is 17.6. The molecule has 0 bridgehead atoms. The number of hydrogen-bond acceptors (Lipinski definition) is 4. The SMILES string of the molecule is O=c1[nH]c2c(C(F)(F)F)ccc(-c3cnc(C4CC4)c(C(F)(F)F)n3)c2o1. The zero-order valence-electron chi connectivity index (χ0n) is 13.2. The molecule has 2 aromatic heterocycles. The molecule has 2 heterocycles. The van der Waals surface area contributed by atoms with Crippen LogP contribution < -0.4 is 5.76 Å². The number of rotatable bonds is 2. The van der Waals surface area contributed by atoms with Crippen LogP contribution in [0.25, 0.3) is 22.4 Å². The molecule has 3 aromatic rings. The van der Waals surface area contributed by atoms with E-state index in [1.807, 2.05) is 4.98 Å². The molecule has 1 fully saturated rings. The van der Waals surface area contributed by atoms with Crippen molar-refractivity contribution in [2.24, 2.45) is 0 Å². The maximum Gasteiger partial charge on any atom is 0.435 e. The Morgan fingerprint density at radius 2 is 1.78 bits per heavy atom. The van der Waals surface area contributed by atoms with E-state index >= 15 is 0 Å². The van der Waals surface area contributed by atoms with Crippen molar-refractivity contribution in [3.63, 3.8) is 0 Å². The van der Waals surface area contributed by atoms with Crippen LogP contribution >= 0.6 is 0 Å². The molecule has 11 heteroatoms. The number of nitrogens with one attached hydrogen (secondary N) is 1. The lowest BCUT2D eigenvalue weighted by molar-refractivity contribution is -0.142. The van der Waals surface area contributed by atoms with Crippen molar-refractivity contribution in [2.45, 2.75) is 31.1 Å². The fraction of sp³-hybridized carbons (Fsp3) is 0.312. The topological polar surface area (TPSA) is 71.8 Å². The van der Waals surface area contributed by atoms with E-state index in [1.54, 1.807) is 0 Å². The number of nitrogens with zero attached hydrogens (tertiary/aromatic N) is 2. The van der Waals surface area contributed by atoms with Crippen LogP contribution in [0.15, 0.2) is 27.5 Å². The van der Waals surface area contributed by atoms with E-state index in [-0.39, 0.29) is 22.9 Å². The summed E-state index contributed by atoms with van der Waals surface area (Å²) < 4.78 is 84.0. The van der Waals surface area contributed by atoms with E-state index in [0.717, 1.165) is 12.3 Å². The van der Waals surface area contributed by atoms with Gasteiger partial charge in [0.15, 0.2) is 11.3 Å². The van der Waals surface area contributed by atoms with Gasteiger partial charge in [0.05, 0.1) is 23.1 Å². The molecule has 142 valence electrons. The van der Waals surface area contributed by atoms with Crippen molar-refractivity contribution in [3.05, 3.63) is 45.8 Å². The van der Waals surface area contributed by atoms with E-state index in [2.05, 4.69) is 9.97 Å². The summed E-state index contributed by atoms with van der Waals surface area (Å²) in [6.07, 6.45) is -7.40. The van der Waals surface area contributed by atoms with Gasteiger partial charge in [-0.15, -0.1) is 0 Å². The van der Waals surface area contributed by atoms with Gasteiger partial charge in [0.1, 0.15) is 5.52 Å². The van der Waals surface area contributed by atoms with E-state index < -0.39 is 40.5 Å². The maximum absolute atomic E-state index is 13.3. The minimum absolute atomic E-state index is 0.190.